The first kappa shape index (κ1) is 15.6. The second-order valence-corrected chi connectivity index (χ2v) is 6.39. The Kier molecular flexibility index (Phi) is 4.62. The van der Waals surface area contributed by atoms with Crippen molar-refractivity contribution in [2.45, 2.75) is 23.2 Å². The highest BCUT2D eigenvalue weighted by Gasteiger charge is 2.41. The van der Waals surface area contributed by atoms with Crippen molar-refractivity contribution in [1.29, 1.82) is 0 Å². The van der Waals surface area contributed by atoms with Gasteiger partial charge in [0.25, 0.3) is 0 Å². The van der Waals surface area contributed by atoms with Crippen molar-refractivity contribution in [2.75, 3.05) is 0 Å². The monoisotopic (exact) mass is 330 g/mol. The minimum absolute atomic E-state index is 0.199. The normalized spacial score (nSPS) is 16.8. The number of β-lactam (4-membered cyclic amide) rings is 1. The van der Waals surface area contributed by atoms with Gasteiger partial charge in [-0.3, -0.25) is 9.69 Å². The molecule has 1 heterocycles. The molecule has 0 spiro atoms. The van der Waals surface area contributed by atoms with E-state index in [1.54, 1.807) is 12.1 Å². The van der Waals surface area contributed by atoms with Crippen LogP contribution in [0, 0.1) is 5.82 Å². The number of halogens is 1. The number of benzene rings is 2. The second kappa shape index (κ2) is 6.83. The highest BCUT2D eigenvalue weighted by Crippen LogP contribution is 2.34. The zero-order valence-corrected chi connectivity index (χ0v) is 13.1. The molecule has 1 aliphatic heterocycles. The first-order valence-electron chi connectivity index (χ1n) is 7.19. The van der Waals surface area contributed by atoms with Crippen molar-refractivity contribution in [1.82, 2.24) is 10.2 Å². The topological polar surface area (TPSA) is 49.4 Å². The Morgan fingerprint density at radius 3 is 2.52 bits per heavy atom. The predicted molar refractivity (Wildman–Crippen MR) is 86.2 cm³/mol. The van der Waals surface area contributed by atoms with Crippen LogP contribution in [0.1, 0.15) is 12.0 Å². The van der Waals surface area contributed by atoms with E-state index in [0.717, 1.165) is 10.5 Å². The van der Waals surface area contributed by atoms with E-state index in [1.165, 1.54) is 28.8 Å². The first-order chi connectivity index (χ1) is 11.1. The standard InChI is InChI=1S/C17H15FN2O2S/c18-13-6-8-14(9-7-13)23-16-10-15(21)20(16)17(22)19-11-12-4-2-1-3-5-12/h1-9,16H,10-11H2,(H,19,22). The van der Waals surface area contributed by atoms with Gasteiger partial charge in [0.1, 0.15) is 11.2 Å². The van der Waals surface area contributed by atoms with Crippen LogP contribution in [0.5, 0.6) is 0 Å². The third-order valence-corrected chi connectivity index (χ3v) is 4.69. The summed E-state index contributed by atoms with van der Waals surface area (Å²) in [6.45, 7) is 0.372. The Balaban J connectivity index is 1.58. The van der Waals surface area contributed by atoms with Gasteiger partial charge >= 0.3 is 6.03 Å². The molecule has 3 amide bonds. The number of amides is 3. The molecule has 2 aromatic carbocycles. The average molecular weight is 330 g/mol. The number of likely N-dealkylation sites (tertiary alicyclic amines) is 1. The number of nitrogens with zero attached hydrogens (tertiary/aromatic N) is 1. The highest BCUT2D eigenvalue weighted by molar-refractivity contribution is 8.00. The lowest BCUT2D eigenvalue weighted by Gasteiger charge is -2.37. The van der Waals surface area contributed by atoms with Gasteiger partial charge in [0.2, 0.25) is 5.91 Å². The molecule has 1 saturated heterocycles. The van der Waals surface area contributed by atoms with Crippen molar-refractivity contribution in [2.24, 2.45) is 0 Å². The molecule has 0 aromatic heterocycles. The first-order valence-corrected chi connectivity index (χ1v) is 8.07. The molecular weight excluding hydrogens is 315 g/mol. The van der Waals surface area contributed by atoms with Gasteiger partial charge in [-0.1, -0.05) is 42.1 Å². The van der Waals surface area contributed by atoms with Crippen LogP contribution in [0.3, 0.4) is 0 Å². The van der Waals surface area contributed by atoms with Crippen molar-refractivity contribution in [3.8, 4) is 0 Å². The minimum Gasteiger partial charge on any atom is -0.334 e. The Bertz CT molecular complexity index is 706. The Morgan fingerprint density at radius 1 is 1.17 bits per heavy atom. The van der Waals surface area contributed by atoms with Crippen molar-refractivity contribution < 1.29 is 14.0 Å². The lowest BCUT2D eigenvalue weighted by Crippen LogP contribution is -2.57. The maximum Gasteiger partial charge on any atom is 0.325 e. The molecule has 23 heavy (non-hydrogen) atoms. The van der Waals surface area contributed by atoms with Crippen LogP contribution in [0.4, 0.5) is 9.18 Å². The quantitative estimate of drug-likeness (QED) is 0.874. The SMILES string of the molecule is O=C1CC(Sc2ccc(F)cc2)N1C(=O)NCc1ccccc1. The summed E-state index contributed by atoms with van der Waals surface area (Å²) in [6, 6.07) is 15.1. The van der Waals surface area contributed by atoms with Crippen molar-refractivity contribution in [3.63, 3.8) is 0 Å². The molecule has 4 nitrogen and oxygen atoms in total. The fourth-order valence-electron chi connectivity index (χ4n) is 2.25. The van der Waals surface area contributed by atoms with Crippen LogP contribution in [-0.4, -0.2) is 22.2 Å². The van der Waals surface area contributed by atoms with Gasteiger partial charge in [0.15, 0.2) is 0 Å². The number of rotatable bonds is 4. The lowest BCUT2D eigenvalue weighted by molar-refractivity contribution is -0.137. The molecule has 1 aliphatic rings. The van der Waals surface area contributed by atoms with Crippen LogP contribution in [0.15, 0.2) is 59.5 Å². The summed E-state index contributed by atoms with van der Waals surface area (Å²) in [6.07, 6.45) is 0.306. The van der Waals surface area contributed by atoms with Gasteiger partial charge in [0, 0.05) is 11.4 Å². The van der Waals surface area contributed by atoms with Gasteiger partial charge in [-0.05, 0) is 29.8 Å². The van der Waals surface area contributed by atoms with Crippen LogP contribution < -0.4 is 5.32 Å². The summed E-state index contributed by atoms with van der Waals surface area (Å²) < 4.78 is 12.9. The molecule has 1 N–H and O–H groups in total. The van der Waals surface area contributed by atoms with Gasteiger partial charge in [-0.15, -0.1) is 0 Å². The average Bonchev–Trinajstić information content (AvgIpc) is 2.55. The molecule has 6 heteroatoms. The summed E-state index contributed by atoms with van der Waals surface area (Å²) >= 11 is 1.38. The molecule has 0 saturated carbocycles. The molecule has 0 aliphatic carbocycles. The van der Waals surface area contributed by atoms with Crippen LogP contribution in [0.2, 0.25) is 0 Å². The maximum atomic E-state index is 12.9. The fraction of sp³-hybridized carbons (Fsp3) is 0.176. The Morgan fingerprint density at radius 2 is 1.87 bits per heavy atom. The van der Waals surface area contributed by atoms with E-state index in [9.17, 15) is 14.0 Å². The Hall–Kier alpha value is -2.34. The number of hydrogen-bond donors (Lipinski definition) is 1. The van der Waals surface area contributed by atoms with Crippen LogP contribution in [-0.2, 0) is 11.3 Å². The Labute approximate surface area is 137 Å². The smallest absolute Gasteiger partial charge is 0.325 e. The van der Waals surface area contributed by atoms with Gasteiger partial charge in [0.05, 0.1) is 6.42 Å². The third kappa shape index (κ3) is 3.71. The number of imide groups is 1. The van der Waals surface area contributed by atoms with Gasteiger partial charge in [-0.25, -0.2) is 9.18 Å². The number of thioether (sulfide) groups is 1. The molecule has 1 atom stereocenters. The van der Waals surface area contributed by atoms with Crippen LogP contribution in [0.25, 0.3) is 0 Å². The molecule has 2 aromatic rings. The molecule has 118 valence electrons. The number of hydrogen-bond acceptors (Lipinski definition) is 3. The molecular formula is C17H15FN2O2S. The number of nitrogens with one attached hydrogen (secondary N) is 1. The zero-order valence-electron chi connectivity index (χ0n) is 12.2. The van der Waals surface area contributed by atoms with E-state index in [-0.39, 0.29) is 17.1 Å². The summed E-state index contributed by atoms with van der Waals surface area (Å²) in [5.74, 6) is -0.508. The number of urea groups is 1. The van der Waals surface area contributed by atoms with E-state index in [0.29, 0.717) is 13.0 Å². The fourth-order valence-corrected chi connectivity index (χ4v) is 3.41. The molecule has 1 unspecified atom stereocenters. The zero-order chi connectivity index (χ0) is 16.2. The van der Waals surface area contributed by atoms with Crippen LogP contribution >= 0.6 is 11.8 Å². The van der Waals surface area contributed by atoms with Crippen molar-refractivity contribution >= 4 is 23.7 Å². The van der Waals surface area contributed by atoms with E-state index in [2.05, 4.69) is 5.32 Å². The predicted octanol–water partition coefficient (Wildman–Crippen LogP) is 3.39. The highest BCUT2D eigenvalue weighted by atomic mass is 32.2. The number of carbonyl (C=O) groups is 2. The minimum atomic E-state index is -0.398. The van der Waals surface area contributed by atoms with E-state index < -0.39 is 6.03 Å². The second-order valence-electron chi connectivity index (χ2n) is 5.14. The van der Waals surface area contributed by atoms with Crippen molar-refractivity contribution in [3.05, 3.63) is 66.0 Å². The molecule has 0 radical (unpaired) electrons. The lowest BCUT2D eigenvalue weighted by atomic mass is 10.2. The van der Waals surface area contributed by atoms with Gasteiger partial charge < -0.3 is 5.32 Å². The van der Waals surface area contributed by atoms with E-state index >= 15 is 0 Å². The summed E-state index contributed by atoms with van der Waals surface area (Å²) in [7, 11) is 0. The summed E-state index contributed by atoms with van der Waals surface area (Å²) in [5, 5.41) is 2.50. The largest absolute Gasteiger partial charge is 0.334 e. The summed E-state index contributed by atoms with van der Waals surface area (Å²) in [5.41, 5.74) is 0.969. The van der Waals surface area contributed by atoms with E-state index in [4.69, 9.17) is 0 Å². The molecule has 3 rings (SSSR count). The number of carbonyl (C=O) groups excluding carboxylic acids is 2. The molecule has 1 fully saturated rings. The van der Waals surface area contributed by atoms with E-state index in [1.807, 2.05) is 30.3 Å². The third-order valence-electron chi connectivity index (χ3n) is 3.50. The maximum absolute atomic E-state index is 12.9. The molecule has 0 bridgehead atoms. The summed E-state index contributed by atoms with van der Waals surface area (Å²) in [4.78, 5) is 26.0. The van der Waals surface area contributed by atoms with Gasteiger partial charge in [-0.2, -0.15) is 0 Å².